The lowest BCUT2D eigenvalue weighted by molar-refractivity contribution is -0.149. The van der Waals surface area contributed by atoms with Gasteiger partial charge in [-0.05, 0) is 32.4 Å². The number of benzene rings is 1. The number of ether oxygens (including phenoxy) is 1. The number of nitrogens with one attached hydrogen (secondary N) is 1. The number of hydrogen-bond donors (Lipinski definition) is 1. The highest BCUT2D eigenvalue weighted by molar-refractivity contribution is 9.10. The van der Waals surface area contributed by atoms with Crippen molar-refractivity contribution in [3.8, 4) is 0 Å². The third kappa shape index (κ3) is 4.13. The molecule has 0 fully saturated rings. The highest BCUT2D eigenvalue weighted by Gasteiger charge is 2.28. The van der Waals surface area contributed by atoms with Crippen LogP contribution in [-0.2, 0) is 16.1 Å². The molecule has 0 bridgehead atoms. The Balaban J connectivity index is 2.61. The average molecular weight is 300 g/mol. The second-order valence-corrected chi connectivity index (χ2v) is 5.14. The Morgan fingerprint density at radius 2 is 2.06 bits per heavy atom. The van der Waals surface area contributed by atoms with Crippen LogP contribution in [0.15, 0.2) is 28.7 Å². The average Bonchev–Trinajstić information content (AvgIpc) is 2.28. The van der Waals surface area contributed by atoms with Crippen molar-refractivity contribution >= 4 is 21.9 Å². The monoisotopic (exact) mass is 299 g/mol. The molecule has 0 aliphatic rings. The van der Waals surface area contributed by atoms with E-state index in [2.05, 4.69) is 21.2 Å². The fraction of sp³-hybridized carbons (Fsp3) is 0.462. The van der Waals surface area contributed by atoms with E-state index in [1.807, 2.05) is 45.0 Å². The largest absolute Gasteiger partial charge is 0.465 e. The van der Waals surface area contributed by atoms with E-state index in [0.29, 0.717) is 13.2 Å². The number of carbonyl (C=O) groups is 1. The van der Waals surface area contributed by atoms with Crippen LogP contribution >= 0.6 is 15.9 Å². The van der Waals surface area contributed by atoms with E-state index in [1.54, 1.807) is 0 Å². The Bertz CT molecular complexity index is 391. The molecule has 3 nitrogen and oxygen atoms in total. The van der Waals surface area contributed by atoms with Gasteiger partial charge in [0, 0.05) is 11.0 Å². The fourth-order valence-corrected chi connectivity index (χ4v) is 1.77. The molecule has 0 unspecified atom stereocenters. The van der Waals surface area contributed by atoms with Crippen LogP contribution in [0.5, 0.6) is 0 Å². The van der Waals surface area contributed by atoms with Crippen molar-refractivity contribution in [1.82, 2.24) is 5.32 Å². The van der Waals surface area contributed by atoms with Gasteiger partial charge in [0.1, 0.15) is 5.54 Å². The van der Waals surface area contributed by atoms with E-state index in [0.717, 1.165) is 10.0 Å². The zero-order chi connectivity index (χ0) is 12.9. The van der Waals surface area contributed by atoms with Gasteiger partial charge in [-0.15, -0.1) is 0 Å². The molecule has 0 aliphatic heterocycles. The van der Waals surface area contributed by atoms with Gasteiger partial charge in [0.05, 0.1) is 6.61 Å². The molecule has 1 aromatic rings. The summed E-state index contributed by atoms with van der Waals surface area (Å²) in [6.07, 6.45) is 0. The maximum atomic E-state index is 11.7. The van der Waals surface area contributed by atoms with Crippen LogP contribution in [0, 0.1) is 0 Å². The van der Waals surface area contributed by atoms with Gasteiger partial charge >= 0.3 is 5.97 Å². The van der Waals surface area contributed by atoms with Crippen molar-refractivity contribution in [2.75, 3.05) is 6.61 Å². The van der Waals surface area contributed by atoms with Gasteiger partial charge in [-0.2, -0.15) is 0 Å². The molecule has 0 atom stereocenters. The smallest absolute Gasteiger partial charge is 0.325 e. The van der Waals surface area contributed by atoms with E-state index >= 15 is 0 Å². The summed E-state index contributed by atoms with van der Waals surface area (Å²) in [5.74, 6) is -0.230. The maximum Gasteiger partial charge on any atom is 0.325 e. The lowest BCUT2D eigenvalue weighted by Crippen LogP contribution is -2.47. The van der Waals surface area contributed by atoms with Crippen molar-refractivity contribution in [2.24, 2.45) is 0 Å². The van der Waals surface area contributed by atoms with Gasteiger partial charge < -0.3 is 4.74 Å². The van der Waals surface area contributed by atoms with Crippen molar-refractivity contribution in [3.63, 3.8) is 0 Å². The number of esters is 1. The summed E-state index contributed by atoms with van der Waals surface area (Å²) < 4.78 is 6.05. The minimum Gasteiger partial charge on any atom is -0.465 e. The Labute approximate surface area is 111 Å². The first-order valence-corrected chi connectivity index (χ1v) is 6.42. The molecule has 0 amide bonds. The first kappa shape index (κ1) is 14.2. The van der Waals surface area contributed by atoms with Crippen LogP contribution in [0.4, 0.5) is 0 Å². The molecule has 0 heterocycles. The first-order chi connectivity index (χ1) is 7.97. The number of rotatable bonds is 5. The summed E-state index contributed by atoms with van der Waals surface area (Å²) in [6, 6.07) is 7.93. The molecular formula is C13H18BrNO2. The van der Waals surface area contributed by atoms with Gasteiger partial charge in [-0.3, -0.25) is 10.1 Å². The standard InChI is InChI=1S/C13H18BrNO2/c1-4-17-12(16)13(2,3)15-9-10-7-5-6-8-11(10)14/h5-8,15H,4,9H2,1-3H3. The zero-order valence-electron chi connectivity index (χ0n) is 10.4. The molecule has 0 saturated heterocycles. The number of hydrogen-bond acceptors (Lipinski definition) is 3. The highest BCUT2D eigenvalue weighted by Crippen LogP contribution is 2.17. The highest BCUT2D eigenvalue weighted by atomic mass is 79.9. The lowest BCUT2D eigenvalue weighted by atomic mass is 10.1. The second-order valence-electron chi connectivity index (χ2n) is 4.29. The summed E-state index contributed by atoms with van der Waals surface area (Å²) in [7, 11) is 0. The summed E-state index contributed by atoms with van der Waals surface area (Å²) in [6.45, 7) is 6.47. The van der Waals surface area contributed by atoms with Crippen molar-refractivity contribution in [2.45, 2.75) is 32.9 Å². The Morgan fingerprint density at radius 1 is 1.41 bits per heavy atom. The zero-order valence-corrected chi connectivity index (χ0v) is 12.0. The lowest BCUT2D eigenvalue weighted by Gasteiger charge is -2.24. The maximum absolute atomic E-state index is 11.7. The molecule has 1 rings (SSSR count). The number of carbonyl (C=O) groups excluding carboxylic acids is 1. The third-order valence-electron chi connectivity index (χ3n) is 2.46. The number of halogens is 1. The van der Waals surface area contributed by atoms with E-state index in [9.17, 15) is 4.79 Å². The predicted octanol–water partition coefficient (Wildman–Crippen LogP) is 2.88. The SMILES string of the molecule is CCOC(=O)C(C)(C)NCc1ccccc1Br. The minimum absolute atomic E-state index is 0.230. The van der Waals surface area contributed by atoms with Gasteiger partial charge in [0.2, 0.25) is 0 Å². The van der Waals surface area contributed by atoms with E-state index in [1.165, 1.54) is 0 Å². The van der Waals surface area contributed by atoms with Crippen LogP contribution < -0.4 is 5.32 Å². The molecule has 0 aliphatic carbocycles. The third-order valence-corrected chi connectivity index (χ3v) is 3.24. The molecule has 4 heteroatoms. The molecule has 17 heavy (non-hydrogen) atoms. The van der Waals surface area contributed by atoms with Crippen LogP contribution in [0.3, 0.4) is 0 Å². The topological polar surface area (TPSA) is 38.3 Å². The molecule has 0 radical (unpaired) electrons. The van der Waals surface area contributed by atoms with E-state index in [4.69, 9.17) is 4.74 Å². The van der Waals surface area contributed by atoms with Crippen LogP contribution in [-0.4, -0.2) is 18.1 Å². The molecule has 94 valence electrons. The predicted molar refractivity (Wildman–Crippen MR) is 71.7 cm³/mol. The van der Waals surface area contributed by atoms with Gasteiger partial charge in [0.25, 0.3) is 0 Å². The summed E-state index contributed by atoms with van der Waals surface area (Å²) in [5.41, 5.74) is 0.440. The molecule has 0 saturated carbocycles. The molecule has 1 N–H and O–H groups in total. The Morgan fingerprint density at radius 3 is 2.65 bits per heavy atom. The molecule has 1 aromatic carbocycles. The summed E-state index contributed by atoms with van der Waals surface area (Å²) in [4.78, 5) is 11.7. The van der Waals surface area contributed by atoms with Crippen molar-refractivity contribution in [3.05, 3.63) is 34.3 Å². The van der Waals surface area contributed by atoms with Crippen LogP contribution in [0.25, 0.3) is 0 Å². The summed E-state index contributed by atoms with van der Waals surface area (Å²) in [5, 5.41) is 3.20. The first-order valence-electron chi connectivity index (χ1n) is 5.63. The second kappa shape index (κ2) is 6.17. The van der Waals surface area contributed by atoms with Gasteiger partial charge in [-0.25, -0.2) is 0 Å². The van der Waals surface area contributed by atoms with Crippen LogP contribution in [0.2, 0.25) is 0 Å². The minimum atomic E-state index is -0.675. The molecule has 0 spiro atoms. The molecule has 0 aromatic heterocycles. The van der Waals surface area contributed by atoms with Crippen molar-refractivity contribution in [1.29, 1.82) is 0 Å². The van der Waals surface area contributed by atoms with Gasteiger partial charge in [0.15, 0.2) is 0 Å². The molecular weight excluding hydrogens is 282 g/mol. The van der Waals surface area contributed by atoms with E-state index in [-0.39, 0.29) is 5.97 Å². The normalized spacial score (nSPS) is 11.3. The van der Waals surface area contributed by atoms with Crippen molar-refractivity contribution < 1.29 is 9.53 Å². The quantitative estimate of drug-likeness (QED) is 0.850. The Kier molecular flexibility index (Phi) is 5.15. The van der Waals surface area contributed by atoms with E-state index < -0.39 is 5.54 Å². The van der Waals surface area contributed by atoms with Crippen LogP contribution in [0.1, 0.15) is 26.3 Å². The summed E-state index contributed by atoms with van der Waals surface area (Å²) >= 11 is 3.48. The Hall–Kier alpha value is -0.870. The van der Waals surface area contributed by atoms with Gasteiger partial charge in [-0.1, -0.05) is 34.1 Å². The fourth-order valence-electron chi connectivity index (χ4n) is 1.34.